The average Bonchev–Trinajstić information content (AvgIpc) is 3.51. The number of anilines is 1. The summed E-state index contributed by atoms with van der Waals surface area (Å²) in [5.41, 5.74) is 3.76. The smallest absolute Gasteiger partial charge is 0.243 e. The number of para-hydroxylation sites is 2. The SMILES string of the molecule is CC(C)C(NC(=O)Cc1cccc(Oc2ccccc2)c1)C(=O)N[C@@H](Cc1ccccc1)[C@@H](O)CCC(=O)N1CCc2ccccc21. The molecule has 0 bridgehead atoms. The fourth-order valence-electron chi connectivity index (χ4n) is 5.92. The summed E-state index contributed by atoms with van der Waals surface area (Å²) in [7, 11) is 0. The lowest BCUT2D eigenvalue weighted by Crippen LogP contribution is -2.55. The molecule has 8 heteroatoms. The van der Waals surface area contributed by atoms with Gasteiger partial charge in [0.2, 0.25) is 17.7 Å². The third-order valence-electron chi connectivity index (χ3n) is 8.44. The summed E-state index contributed by atoms with van der Waals surface area (Å²) in [5, 5.41) is 17.3. The highest BCUT2D eigenvalue weighted by Gasteiger charge is 2.30. The van der Waals surface area contributed by atoms with E-state index in [9.17, 15) is 19.5 Å². The molecule has 1 aliphatic rings. The number of nitrogens with one attached hydrogen (secondary N) is 2. The number of aliphatic hydroxyl groups is 1. The molecule has 8 nitrogen and oxygen atoms in total. The number of hydrogen-bond acceptors (Lipinski definition) is 5. The third kappa shape index (κ3) is 9.30. The minimum Gasteiger partial charge on any atom is -0.457 e. The lowest BCUT2D eigenvalue weighted by atomic mass is 9.96. The van der Waals surface area contributed by atoms with Crippen molar-refractivity contribution in [2.24, 2.45) is 5.92 Å². The van der Waals surface area contributed by atoms with Crippen LogP contribution in [-0.2, 0) is 33.6 Å². The highest BCUT2D eigenvalue weighted by molar-refractivity contribution is 5.95. The zero-order valence-corrected chi connectivity index (χ0v) is 27.0. The summed E-state index contributed by atoms with van der Waals surface area (Å²) in [4.78, 5) is 41.8. The van der Waals surface area contributed by atoms with Crippen molar-refractivity contribution >= 4 is 23.4 Å². The Bertz CT molecular complexity index is 1640. The fraction of sp³-hybridized carbons (Fsp3) is 0.308. The molecular weight excluding hydrogens is 590 g/mol. The van der Waals surface area contributed by atoms with Crippen LogP contribution in [0.25, 0.3) is 0 Å². The van der Waals surface area contributed by atoms with Crippen molar-refractivity contribution in [2.45, 2.75) is 64.1 Å². The topological polar surface area (TPSA) is 108 Å². The molecule has 3 amide bonds. The zero-order valence-electron chi connectivity index (χ0n) is 27.0. The minimum absolute atomic E-state index is 0.0515. The summed E-state index contributed by atoms with van der Waals surface area (Å²) in [6.45, 7) is 4.36. The van der Waals surface area contributed by atoms with Gasteiger partial charge in [-0.3, -0.25) is 14.4 Å². The molecule has 1 heterocycles. The number of ether oxygens (including phenoxy) is 1. The minimum atomic E-state index is -0.975. The second-order valence-corrected chi connectivity index (χ2v) is 12.4. The Morgan fingerprint density at radius 3 is 2.21 bits per heavy atom. The first kappa shape index (κ1) is 33.4. The van der Waals surface area contributed by atoms with Gasteiger partial charge in [0.05, 0.1) is 18.6 Å². The Labute approximate surface area is 276 Å². The molecule has 3 atom stereocenters. The van der Waals surface area contributed by atoms with E-state index in [1.54, 1.807) is 4.90 Å². The molecule has 0 spiro atoms. The molecule has 0 aliphatic carbocycles. The van der Waals surface area contributed by atoms with E-state index in [2.05, 4.69) is 10.6 Å². The quantitative estimate of drug-likeness (QED) is 0.167. The highest BCUT2D eigenvalue weighted by Crippen LogP contribution is 2.28. The van der Waals surface area contributed by atoms with E-state index in [4.69, 9.17) is 4.74 Å². The summed E-state index contributed by atoms with van der Waals surface area (Å²) in [6, 6.07) is 32.7. The van der Waals surface area contributed by atoms with Crippen molar-refractivity contribution < 1.29 is 24.2 Å². The van der Waals surface area contributed by atoms with Crippen molar-refractivity contribution in [3.05, 3.63) is 126 Å². The van der Waals surface area contributed by atoms with Crippen LogP contribution < -0.4 is 20.3 Å². The molecule has 4 aromatic rings. The number of carbonyl (C=O) groups is 3. The van der Waals surface area contributed by atoms with Crippen LogP contribution in [0.2, 0.25) is 0 Å². The first-order valence-corrected chi connectivity index (χ1v) is 16.3. The van der Waals surface area contributed by atoms with Gasteiger partial charge in [0, 0.05) is 18.7 Å². The predicted octanol–water partition coefficient (Wildman–Crippen LogP) is 5.62. The lowest BCUT2D eigenvalue weighted by Gasteiger charge is -2.29. The maximum absolute atomic E-state index is 13.7. The summed E-state index contributed by atoms with van der Waals surface area (Å²) >= 11 is 0. The van der Waals surface area contributed by atoms with Gasteiger partial charge in [0.15, 0.2) is 0 Å². The number of fused-ring (bicyclic) bond motifs is 1. The van der Waals surface area contributed by atoms with Gasteiger partial charge in [0.1, 0.15) is 17.5 Å². The van der Waals surface area contributed by atoms with Crippen molar-refractivity contribution in [2.75, 3.05) is 11.4 Å². The highest BCUT2D eigenvalue weighted by atomic mass is 16.5. The van der Waals surface area contributed by atoms with Crippen molar-refractivity contribution in [1.29, 1.82) is 0 Å². The number of aliphatic hydroxyl groups excluding tert-OH is 1. The molecule has 3 N–H and O–H groups in total. The molecule has 47 heavy (non-hydrogen) atoms. The normalized spacial score (nSPS) is 14.2. The van der Waals surface area contributed by atoms with Crippen molar-refractivity contribution in [1.82, 2.24) is 10.6 Å². The predicted molar refractivity (Wildman–Crippen MR) is 183 cm³/mol. The van der Waals surface area contributed by atoms with Crippen LogP contribution in [0.1, 0.15) is 43.4 Å². The number of carbonyl (C=O) groups excluding carboxylic acids is 3. The van der Waals surface area contributed by atoms with Gasteiger partial charge in [-0.1, -0.05) is 92.7 Å². The standard InChI is InChI=1S/C39H43N3O5/c1-27(2)38(41-36(44)26-29-14-11-18-32(24-29)47-31-16-7-4-8-17-31)39(46)40-33(25-28-12-5-3-6-13-28)35(43)20-21-37(45)42-23-22-30-15-9-10-19-34(30)42/h3-19,24,27,33,35,38,43H,20-23,25-26H2,1-2H3,(H,40,46)(H,41,44)/t33-,35-,38?/m0/s1. The third-order valence-corrected chi connectivity index (χ3v) is 8.44. The molecule has 0 fully saturated rings. The monoisotopic (exact) mass is 633 g/mol. The maximum Gasteiger partial charge on any atom is 0.243 e. The second-order valence-electron chi connectivity index (χ2n) is 12.4. The Hall–Kier alpha value is -4.95. The van der Waals surface area contributed by atoms with Crippen LogP contribution in [-0.4, -0.2) is 47.6 Å². The van der Waals surface area contributed by atoms with Crippen molar-refractivity contribution in [3.63, 3.8) is 0 Å². The molecule has 0 radical (unpaired) electrons. The number of benzene rings is 4. The van der Waals surface area contributed by atoms with Gasteiger partial charge in [-0.2, -0.15) is 0 Å². The molecule has 4 aromatic carbocycles. The van der Waals surface area contributed by atoms with Crippen molar-refractivity contribution in [3.8, 4) is 11.5 Å². The van der Waals surface area contributed by atoms with E-state index in [1.807, 2.05) is 123 Å². The average molecular weight is 634 g/mol. The molecular formula is C39H43N3O5. The molecule has 244 valence electrons. The second kappa shape index (κ2) is 16.1. The Balaban J connectivity index is 1.21. The van der Waals surface area contributed by atoms with Crippen LogP contribution in [0.5, 0.6) is 11.5 Å². The van der Waals surface area contributed by atoms with E-state index >= 15 is 0 Å². The number of rotatable bonds is 14. The molecule has 1 aliphatic heterocycles. The first-order valence-electron chi connectivity index (χ1n) is 16.3. The molecule has 0 aromatic heterocycles. The fourth-order valence-corrected chi connectivity index (χ4v) is 5.92. The van der Waals surface area contributed by atoms with Gasteiger partial charge < -0.3 is 25.4 Å². The maximum atomic E-state index is 13.7. The van der Waals surface area contributed by atoms with Gasteiger partial charge in [-0.05, 0) is 72.2 Å². The molecule has 0 saturated heterocycles. The Kier molecular flexibility index (Phi) is 11.4. The number of hydrogen-bond donors (Lipinski definition) is 3. The zero-order chi connectivity index (χ0) is 33.2. The van der Waals surface area contributed by atoms with E-state index in [-0.39, 0.29) is 42.9 Å². The van der Waals surface area contributed by atoms with Crippen LogP contribution in [0.3, 0.4) is 0 Å². The van der Waals surface area contributed by atoms with Crippen LogP contribution in [0.4, 0.5) is 5.69 Å². The van der Waals surface area contributed by atoms with Gasteiger partial charge in [-0.15, -0.1) is 0 Å². The van der Waals surface area contributed by atoms with E-state index < -0.39 is 18.2 Å². The van der Waals surface area contributed by atoms with Gasteiger partial charge in [0.25, 0.3) is 0 Å². The summed E-state index contributed by atoms with van der Waals surface area (Å²) in [5.74, 6) is 0.373. The van der Waals surface area contributed by atoms with E-state index in [1.165, 1.54) is 0 Å². The molecule has 5 rings (SSSR count). The lowest BCUT2D eigenvalue weighted by molar-refractivity contribution is -0.130. The van der Waals surface area contributed by atoms with E-state index in [0.717, 1.165) is 28.8 Å². The van der Waals surface area contributed by atoms with Gasteiger partial charge in [-0.25, -0.2) is 0 Å². The largest absolute Gasteiger partial charge is 0.457 e. The Morgan fingerprint density at radius 2 is 1.47 bits per heavy atom. The first-order chi connectivity index (χ1) is 22.8. The summed E-state index contributed by atoms with van der Waals surface area (Å²) < 4.78 is 5.91. The van der Waals surface area contributed by atoms with E-state index in [0.29, 0.717) is 24.5 Å². The molecule has 0 saturated carbocycles. The van der Waals surface area contributed by atoms with Crippen LogP contribution in [0, 0.1) is 5.92 Å². The molecule has 1 unspecified atom stereocenters. The van der Waals surface area contributed by atoms with Crippen LogP contribution in [0.15, 0.2) is 109 Å². The Morgan fingerprint density at radius 1 is 0.809 bits per heavy atom. The van der Waals surface area contributed by atoms with Gasteiger partial charge >= 0.3 is 0 Å². The number of amides is 3. The van der Waals surface area contributed by atoms with Crippen LogP contribution >= 0.6 is 0 Å². The summed E-state index contributed by atoms with van der Waals surface area (Å²) in [6.07, 6.45) is 0.620. The number of nitrogens with zero attached hydrogens (tertiary/aromatic N) is 1.